The molecule has 4 nitrogen and oxygen atoms in total. The molecule has 0 saturated carbocycles. The van der Waals surface area contributed by atoms with Crippen LogP contribution in [0.5, 0.6) is 0 Å². The first kappa shape index (κ1) is 30.0. The molecule has 12 rings (SSSR count). The molecule has 1 aliphatic heterocycles. The van der Waals surface area contributed by atoms with Crippen molar-refractivity contribution in [2.45, 2.75) is 19.3 Å². The minimum atomic E-state index is -0.228. The fourth-order valence-electron chi connectivity index (χ4n) is 9.00. The molecule has 54 heavy (non-hydrogen) atoms. The average Bonchev–Trinajstić information content (AvgIpc) is 3.89. The summed E-state index contributed by atoms with van der Waals surface area (Å²) in [7, 11) is 0. The van der Waals surface area contributed by atoms with E-state index in [-0.39, 0.29) is 5.41 Å². The number of rotatable bonds is 3. The Morgan fingerprint density at radius 3 is 2.20 bits per heavy atom. The van der Waals surface area contributed by atoms with Crippen LogP contribution in [0.4, 0.5) is 0 Å². The summed E-state index contributed by atoms with van der Waals surface area (Å²) in [6, 6.07) is 54.3. The summed E-state index contributed by atoms with van der Waals surface area (Å²) in [6.07, 6.45) is 0. The van der Waals surface area contributed by atoms with Gasteiger partial charge in [-0.25, -0.2) is 9.97 Å². The molecule has 1 aliphatic rings. The summed E-state index contributed by atoms with van der Waals surface area (Å²) in [5, 5.41) is 5.90. The van der Waals surface area contributed by atoms with E-state index in [4.69, 9.17) is 14.4 Å². The molecule has 0 unspecified atom stereocenters. The first-order chi connectivity index (χ1) is 26.5. The van der Waals surface area contributed by atoms with Gasteiger partial charge >= 0.3 is 0 Å². The van der Waals surface area contributed by atoms with Crippen molar-refractivity contribution in [3.63, 3.8) is 0 Å². The van der Waals surface area contributed by atoms with Crippen molar-refractivity contribution >= 4 is 75.4 Å². The molecule has 0 radical (unpaired) electrons. The molecule has 0 amide bonds. The fourth-order valence-corrected chi connectivity index (χ4v) is 10.2. The predicted molar refractivity (Wildman–Crippen MR) is 225 cm³/mol. The molecule has 0 fully saturated rings. The summed E-state index contributed by atoms with van der Waals surface area (Å²) in [5.74, 6) is 0.722. The first-order valence-electron chi connectivity index (χ1n) is 18.4. The molecular weight excluding hydrogens is 679 g/mol. The first-order valence-corrected chi connectivity index (χ1v) is 19.2. The van der Waals surface area contributed by atoms with Crippen molar-refractivity contribution in [1.82, 2.24) is 14.5 Å². The quantitative estimate of drug-likeness (QED) is 0.183. The van der Waals surface area contributed by atoms with Crippen molar-refractivity contribution in [3.05, 3.63) is 163 Å². The van der Waals surface area contributed by atoms with Gasteiger partial charge in [-0.15, -0.1) is 11.3 Å². The van der Waals surface area contributed by atoms with Gasteiger partial charge in [0.05, 0.1) is 22.4 Å². The standard InChI is InChI=1S/C49H31N3OS/c1-49(2)37-20-11-19-36-44(37)52(45-34-16-4-7-22-41(34)53-46(36)45)40-25-24-29(27-38(40)49)28-12-9-13-30(26-28)48-50-39-21-6-3-15-33(39)43(51-48)35-18-10-17-32-31-14-5-8-23-42(31)54-47(32)35/h3-27H,1-2H3. The van der Waals surface area contributed by atoms with Crippen LogP contribution >= 0.6 is 11.3 Å². The zero-order chi connectivity index (χ0) is 35.7. The maximum atomic E-state index is 6.53. The third kappa shape index (κ3) is 4.02. The maximum Gasteiger partial charge on any atom is 0.161 e. The highest BCUT2D eigenvalue weighted by Gasteiger charge is 2.36. The summed E-state index contributed by atoms with van der Waals surface area (Å²) in [4.78, 5) is 10.5. The zero-order valence-electron chi connectivity index (χ0n) is 29.6. The summed E-state index contributed by atoms with van der Waals surface area (Å²) in [5.41, 5.74) is 14.1. The van der Waals surface area contributed by atoms with Crippen molar-refractivity contribution in [2.75, 3.05) is 0 Å². The Kier molecular flexibility index (Phi) is 5.96. The molecule has 11 aromatic rings. The summed E-state index contributed by atoms with van der Waals surface area (Å²) >= 11 is 1.83. The lowest BCUT2D eigenvalue weighted by Crippen LogP contribution is -2.26. The molecule has 0 aliphatic carbocycles. The van der Waals surface area contributed by atoms with E-state index >= 15 is 0 Å². The zero-order valence-corrected chi connectivity index (χ0v) is 30.4. The second-order valence-corrected chi connectivity index (χ2v) is 16.0. The summed E-state index contributed by atoms with van der Waals surface area (Å²) in [6.45, 7) is 4.69. The van der Waals surface area contributed by atoms with Gasteiger partial charge in [0.2, 0.25) is 0 Å². The average molecular weight is 710 g/mol. The molecule has 0 spiro atoms. The maximum absolute atomic E-state index is 6.53. The molecule has 0 atom stereocenters. The molecule has 5 heterocycles. The van der Waals surface area contributed by atoms with E-state index in [1.165, 1.54) is 42.5 Å². The Balaban J connectivity index is 1.03. The van der Waals surface area contributed by atoms with E-state index in [2.05, 4.69) is 164 Å². The van der Waals surface area contributed by atoms with Crippen LogP contribution in [0.2, 0.25) is 0 Å². The summed E-state index contributed by atoms with van der Waals surface area (Å²) < 4.78 is 11.5. The Morgan fingerprint density at radius 1 is 0.556 bits per heavy atom. The number of para-hydroxylation sites is 3. The number of fused-ring (bicyclic) bond motifs is 11. The number of hydrogen-bond donors (Lipinski definition) is 0. The van der Waals surface area contributed by atoms with Crippen molar-refractivity contribution < 1.29 is 4.42 Å². The second kappa shape index (κ2) is 10.8. The Hall–Kier alpha value is -6.56. The van der Waals surface area contributed by atoms with Crippen LogP contribution < -0.4 is 0 Å². The minimum absolute atomic E-state index is 0.228. The highest BCUT2D eigenvalue weighted by Crippen LogP contribution is 2.50. The van der Waals surface area contributed by atoms with E-state index in [1.54, 1.807) is 0 Å². The number of benzene rings is 7. The van der Waals surface area contributed by atoms with Gasteiger partial charge in [-0.3, -0.25) is 0 Å². The topological polar surface area (TPSA) is 43.9 Å². The minimum Gasteiger partial charge on any atom is -0.454 e. The Bertz CT molecular complexity index is 3380. The van der Waals surface area contributed by atoms with E-state index < -0.39 is 0 Å². The van der Waals surface area contributed by atoms with Gasteiger partial charge < -0.3 is 8.98 Å². The molecule has 0 bridgehead atoms. The second-order valence-electron chi connectivity index (χ2n) is 14.9. The van der Waals surface area contributed by atoms with Crippen LogP contribution in [0, 0.1) is 0 Å². The number of furan rings is 1. The van der Waals surface area contributed by atoms with Crippen LogP contribution in [0.25, 0.3) is 104 Å². The predicted octanol–water partition coefficient (Wildman–Crippen LogP) is 13.5. The van der Waals surface area contributed by atoms with Crippen LogP contribution in [0.1, 0.15) is 25.0 Å². The number of hydrogen-bond acceptors (Lipinski definition) is 4. The van der Waals surface area contributed by atoms with Crippen molar-refractivity contribution in [3.8, 4) is 39.5 Å². The highest BCUT2D eigenvalue weighted by molar-refractivity contribution is 7.26. The van der Waals surface area contributed by atoms with Gasteiger partial charge in [0, 0.05) is 52.9 Å². The lowest BCUT2D eigenvalue weighted by atomic mass is 9.74. The number of nitrogens with zero attached hydrogens (tertiary/aromatic N) is 3. The Morgan fingerprint density at radius 2 is 1.28 bits per heavy atom. The van der Waals surface area contributed by atoms with Gasteiger partial charge in [0.25, 0.3) is 0 Å². The lowest BCUT2D eigenvalue weighted by molar-refractivity contribution is 0.630. The molecular formula is C49H31N3OS. The SMILES string of the molecule is CC1(C)c2cc(-c3cccc(-c4nc(-c5cccc6c5sc5ccccc56)c5ccccc5n4)c3)ccc2-n2c3c1cccc3c1oc3ccccc3c12. The molecule has 0 N–H and O–H groups in total. The number of thiophene rings is 1. The van der Waals surface area contributed by atoms with E-state index in [0.717, 1.165) is 72.1 Å². The van der Waals surface area contributed by atoms with E-state index in [9.17, 15) is 0 Å². The largest absolute Gasteiger partial charge is 0.454 e. The Labute approximate surface area is 314 Å². The highest BCUT2D eigenvalue weighted by atomic mass is 32.1. The van der Waals surface area contributed by atoms with Gasteiger partial charge in [0.15, 0.2) is 11.4 Å². The smallest absolute Gasteiger partial charge is 0.161 e. The molecule has 0 saturated heterocycles. The normalized spacial score (nSPS) is 13.5. The van der Waals surface area contributed by atoms with Crippen LogP contribution in [0.3, 0.4) is 0 Å². The van der Waals surface area contributed by atoms with Crippen molar-refractivity contribution in [1.29, 1.82) is 0 Å². The van der Waals surface area contributed by atoms with Gasteiger partial charge in [-0.2, -0.15) is 0 Å². The number of aromatic nitrogens is 3. The molecule has 7 aromatic carbocycles. The van der Waals surface area contributed by atoms with Crippen LogP contribution in [-0.2, 0) is 5.41 Å². The van der Waals surface area contributed by atoms with E-state index in [1.807, 2.05) is 17.4 Å². The monoisotopic (exact) mass is 709 g/mol. The van der Waals surface area contributed by atoms with Crippen LogP contribution in [-0.4, -0.2) is 14.5 Å². The van der Waals surface area contributed by atoms with Crippen molar-refractivity contribution in [2.24, 2.45) is 0 Å². The van der Waals surface area contributed by atoms with Gasteiger partial charge in [-0.1, -0.05) is 117 Å². The van der Waals surface area contributed by atoms with Gasteiger partial charge in [-0.05, 0) is 70.8 Å². The lowest BCUT2D eigenvalue weighted by Gasteiger charge is -2.35. The third-order valence-corrected chi connectivity index (χ3v) is 12.8. The van der Waals surface area contributed by atoms with Crippen LogP contribution in [0.15, 0.2) is 156 Å². The van der Waals surface area contributed by atoms with E-state index in [0.29, 0.717) is 0 Å². The molecule has 5 heteroatoms. The van der Waals surface area contributed by atoms with Gasteiger partial charge in [0.1, 0.15) is 11.1 Å². The molecule has 4 aromatic heterocycles. The fraction of sp³-hybridized carbons (Fsp3) is 0.0612. The molecule has 254 valence electrons. The third-order valence-electron chi connectivity index (χ3n) is 11.6.